The van der Waals surface area contributed by atoms with E-state index in [0.717, 1.165) is 11.6 Å². The highest BCUT2D eigenvalue weighted by molar-refractivity contribution is 7.99. The summed E-state index contributed by atoms with van der Waals surface area (Å²) in [6.07, 6.45) is 2.53. The molecule has 1 aromatic rings. The van der Waals surface area contributed by atoms with Crippen molar-refractivity contribution in [2.45, 2.75) is 25.7 Å². The molecule has 1 atom stereocenters. The Morgan fingerprint density at radius 2 is 2.00 bits per heavy atom. The molecule has 0 aliphatic carbocycles. The van der Waals surface area contributed by atoms with Crippen LogP contribution >= 0.6 is 23.4 Å². The van der Waals surface area contributed by atoms with Crippen molar-refractivity contribution >= 4 is 23.4 Å². The van der Waals surface area contributed by atoms with Gasteiger partial charge in [-0.25, -0.2) is 0 Å². The van der Waals surface area contributed by atoms with Crippen LogP contribution in [0.2, 0.25) is 5.02 Å². The largest absolute Gasteiger partial charge is 0.319 e. The fraction of sp³-hybridized carbons (Fsp3) is 0.571. The van der Waals surface area contributed by atoms with Gasteiger partial charge in [0, 0.05) is 11.6 Å². The molecule has 1 rings (SSSR count). The van der Waals surface area contributed by atoms with E-state index in [1.165, 1.54) is 29.9 Å². The SMILES string of the molecule is CCSCCCC(CNC)c1ccc(Cl)cc1. The van der Waals surface area contributed by atoms with Crippen LogP contribution in [-0.4, -0.2) is 25.1 Å². The summed E-state index contributed by atoms with van der Waals surface area (Å²) in [5.74, 6) is 3.09. The maximum Gasteiger partial charge on any atom is 0.0406 e. The summed E-state index contributed by atoms with van der Waals surface area (Å²) in [7, 11) is 2.02. The van der Waals surface area contributed by atoms with Crippen LogP contribution < -0.4 is 5.32 Å². The summed E-state index contributed by atoms with van der Waals surface area (Å²) >= 11 is 7.94. The summed E-state index contributed by atoms with van der Waals surface area (Å²) in [5, 5.41) is 4.10. The number of benzene rings is 1. The normalized spacial score (nSPS) is 12.6. The van der Waals surface area contributed by atoms with E-state index in [4.69, 9.17) is 11.6 Å². The number of halogens is 1. The van der Waals surface area contributed by atoms with Gasteiger partial charge in [0.05, 0.1) is 0 Å². The molecular formula is C14H22ClNS. The molecule has 0 bridgehead atoms. The predicted octanol–water partition coefficient (Wildman–Crippen LogP) is 4.18. The molecule has 0 spiro atoms. The fourth-order valence-corrected chi connectivity index (χ4v) is 2.73. The molecule has 0 fully saturated rings. The van der Waals surface area contributed by atoms with Gasteiger partial charge in [-0.1, -0.05) is 30.7 Å². The predicted molar refractivity (Wildman–Crippen MR) is 80.4 cm³/mol. The minimum atomic E-state index is 0.606. The number of likely N-dealkylation sites (N-methyl/N-ethyl adjacent to an activating group) is 1. The fourth-order valence-electron chi connectivity index (χ4n) is 1.94. The molecule has 1 unspecified atom stereocenters. The lowest BCUT2D eigenvalue weighted by Crippen LogP contribution is -2.17. The molecular weight excluding hydrogens is 250 g/mol. The minimum absolute atomic E-state index is 0.606. The topological polar surface area (TPSA) is 12.0 Å². The highest BCUT2D eigenvalue weighted by Gasteiger charge is 2.10. The molecule has 0 heterocycles. The van der Waals surface area contributed by atoms with Gasteiger partial charge in [0.1, 0.15) is 0 Å². The Morgan fingerprint density at radius 3 is 2.59 bits per heavy atom. The van der Waals surface area contributed by atoms with Crippen LogP contribution in [-0.2, 0) is 0 Å². The molecule has 0 aliphatic heterocycles. The van der Waals surface area contributed by atoms with Gasteiger partial charge in [0.25, 0.3) is 0 Å². The minimum Gasteiger partial charge on any atom is -0.319 e. The molecule has 0 radical (unpaired) electrons. The van der Waals surface area contributed by atoms with Crippen molar-refractivity contribution in [2.75, 3.05) is 25.1 Å². The van der Waals surface area contributed by atoms with Gasteiger partial charge in [-0.05, 0) is 55.0 Å². The number of rotatable bonds is 8. The van der Waals surface area contributed by atoms with E-state index in [-0.39, 0.29) is 0 Å². The van der Waals surface area contributed by atoms with Crippen LogP contribution in [0.15, 0.2) is 24.3 Å². The molecule has 0 amide bonds. The first kappa shape index (κ1) is 14.9. The Balaban J connectivity index is 2.49. The summed E-state index contributed by atoms with van der Waals surface area (Å²) in [6, 6.07) is 8.27. The molecule has 1 N–H and O–H groups in total. The van der Waals surface area contributed by atoms with Gasteiger partial charge < -0.3 is 5.32 Å². The van der Waals surface area contributed by atoms with Gasteiger partial charge in [0.2, 0.25) is 0 Å². The molecule has 1 nitrogen and oxygen atoms in total. The zero-order chi connectivity index (χ0) is 12.5. The second-order valence-corrected chi connectivity index (χ2v) is 5.98. The third-order valence-corrected chi connectivity index (χ3v) is 4.07. The van der Waals surface area contributed by atoms with E-state index >= 15 is 0 Å². The van der Waals surface area contributed by atoms with E-state index in [1.54, 1.807) is 0 Å². The van der Waals surface area contributed by atoms with Crippen LogP contribution in [0, 0.1) is 0 Å². The second kappa shape index (κ2) is 8.84. The van der Waals surface area contributed by atoms with Gasteiger partial charge in [-0.15, -0.1) is 0 Å². The van der Waals surface area contributed by atoms with Crippen molar-refractivity contribution in [3.8, 4) is 0 Å². The standard InChI is InChI=1S/C14H22ClNS/c1-3-17-10-4-5-13(11-16-2)12-6-8-14(15)9-7-12/h6-9,13,16H,3-5,10-11H2,1-2H3. The van der Waals surface area contributed by atoms with E-state index in [0.29, 0.717) is 5.92 Å². The molecule has 17 heavy (non-hydrogen) atoms. The van der Waals surface area contributed by atoms with Crippen LogP contribution in [0.25, 0.3) is 0 Å². The monoisotopic (exact) mass is 271 g/mol. The Hall–Kier alpha value is -0.180. The second-order valence-electron chi connectivity index (χ2n) is 4.15. The van der Waals surface area contributed by atoms with Crippen LogP contribution in [0.1, 0.15) is 31.2 Å². The van der Waals surface area contributed by atoms with Crippen molar-refractivity contribution in [2.24, 2.45) is 0 Å². The molecule has 0 saturated heterocycles. The van der Waals surface area contributed by atoms with Gasteiger partial charge in [0.15, 0.2) is 0 Å². The smallest absolute Gasteiger partial charge is 0.0406 e. The van der Waals surface area contributed by atoms with Gasteiger partial charge >= 0.3 is 0 Å². The number of nitrogens with one attached hydrogen (secondary N) is 1. The van der Waals surface area contributed by atoms with E-state index < -0.39 is 0 Å². The quantitative estimate of drug-likeness (QED) is 0.712. The molecule has 3 heteroatoms. The van der Waals surface area contributed by atoms with Crippen molar-refractivity contribution in [1.82, 2.24) is 5.32 Å². The van der Waals surface area contributed by atoms with Crippen LogP contribution in [0.5, 0.6) is 0 Å². The Bertz CT molecular complexity index is 300. The zero-order valence-corrected chi connectivity index (χ0v) is 12.3. The highest BCUT2D eigenvalue weighted by Crippen LogP contribution is 2.23. The van der Waals surface area contributed by atoms with Crippen molar-refractivity contribution in [3.05, 3.63) is 34.9 Å². The molecule has 96 valence electrons. The molecule has 0 aliphatic rings. The van der Waals surface area contributed by atoms with Crippen molar-refractivity contribution < 1.29 is 0 Å². The molecule has 0 aromatic heterocycles. The summed E-state index contributed by atoms with van der Waals surface area (Å²) < 4.78 is 0. The van der Waals surface area contributed by atoms with Crippen LogP contribution in [0.3, 0.4) is 0 Å². The average molecular weight is 272 g/mol. The lowest BCUT2D eigenvalue weighted by Gasteiger charge is -2.17. The summed E-state index contributed by atoms with van der Waals surface area (Å²) in [5.41, 5.74) is 1.39. The maximum atomic E-state index is 5.92. The van der Waals surface area contributed by atoms with Crippen molar-refractivity contribution in [3.63, 3.8) is 0 Å². The first-order chi connectivity index (χ1) is 8.27. The van der Waals surface area contributed by atoms with Crippen molar-refractivity contribution in [1.29, 1.82) is 0 Å². The molecule has 0 saturated carbocycles. The van der Waals surface area contributed by atoms with E-state index in [9.17, 15) is 0 Å². The lowest BCUT2D eigenvalue weighted by atomic mass is 9.94. The zero-order valence-electron chi connectivity index (χ0n) is 10.7. The number of hydrogen-bond acceptors (Lipinski definition) is 2. The Labute approximate surface area is 114 Å². The maximum absolute atomic E-state index is 5.92. The first-order valence-electron chi connectivity index (χ1n) is 6.25. The molecule has 1 aromatic carbocycles. The summed E-state index contributed by atoms with van der Waals surface area (Å²) in [6.45, 7) is 3.26. The van der Waals surface area contributed by atoms with E-state index in [2.05, 4.69) is 24.4 Å². The first-order valence-corrected chi connectivity index (χ1v) is 7.79. The number of hydrogen-bond donors (Lipinski definition) is 1. The third kappa shape index (κ3) is 5.80. The lowest BCUT2D eigenvalue weighted by molar-refractivity contribution is 0.578. The van der Waals surface area contributed by atoms with Gasteiger partial charge in [-0.3, -0.25) is 0 Å². The Kier molecular flexibility index (Phi) is 7.74. The highest BCUT2D eigenvalue weighted by atomic mass is 35.5. The van der Waals surface area contributed by atoms with E-state index in [1.807, 2.05) is 30.9 Å². The Morgan fingerprint density at radius 1 is 1.29 bits per heavy atom. The average Bonchev–Trinajstić information content (AvgIpc) is 2.34. The third-order valence-electron chi connectivity index (χ3n) is 2.84. The van der Waals surface area contributed by atoms with Crippen LogP contribution in [0.4, 0.5) is 0 Å². The van der Waals surface area contributed by atoms with Gasteiger partial charge in [-0.2, -0.15) is 11.8 Å². The number of thioether (sulfide) groups is 1. The summed E-state index contributed by atoms with van der Waals surface area (Å²) in [4.78, 5) is 0.